The molecule has 2 aromatic carbocycles. The fraction of sp³-hybridized carbons (Fsp3) is 0.409. The Hall–Kier alpha value is -1.92. The van der Waals surface area contributed by atoms with Crippen molar-refractivity contribution < 1.29 is 27.4 Å². The number of rotatable bonds is 8. The van der Waals surface area contributed by atoms with Gasteiger partial charge in [0.25, 0.3) is 15.9 Å². The van der Waals surface area contributed by atoms with E-state index in [1.54, 1.807) is 0 Å². The number of halogens is 3. The molecule has 0 aromatic heterocycles. The maximum absolute atomic E-state index is 15.2. The van der Waals surface area contributed by atoms with Crippen LogP contribution in [-0.4, -0.2) is 63.7 Å². The van der Waals surface area contributed by atoms with E-state index in [2.05, 4.69) is 30.9 Å². The summed E-state index contributed by atoms with van der Waals surface area (Å²) in [5.74, 6) is -1.95. The predicted molar refractivity (Wildman–Crippen MR) is 130 cm³/mol. The second-order valence-corrected chi connectivity index (χ2v) is 11.2. The van der Waals surface area contributed by atoms with Gasteiger partial charge in [-0.1, -0.05) is 27.5 Å². The fourth-order valence-electron chi connectivity index (χ4n) is 3.77. The molecule has 1 saturated carbocycles. The summed E-state index contributed by atoms with van der Waals surface area (Å²) in [6.45, 7) is 3.71. The van der Waals surface area contributed by atoms with Gasteiger partial charge < -0.3 is 15.2 Å². The number of benzene rings is 2. The molecule has 34 heavy (non-hydrogen) atoms. The van der Waals surface area contributed by atoms with Crippen molar-refractivity contribution in [3.05, 3.63) is 50.7 Å². The Morgan fingerprint density at radius 2 is 1.94 bits per heavy atom. The first-order valence-corrected chi connectivity index (χ1v) is 13.4. The summed E-state index contributed by atoms with van der Waals surface area (Å²) in [5, 5.41) is 12.7. The third-order valence-electron chi connectivity index (χ3n) is 5.71. The molecule has 2 fully saturated rings. The van der Waals surface area contributed by atoms with Gasteiger partial charge in [0.15, 0.2) is 5.75 Å². The first-order valence-electron chi connectivity index (χ1n) is 10.8. The number of carbonyl (C=O) groups is 1. The van der Waals surface area contributed by atoms with E-state index in [9.17, 15) is 18.3 Å². The molecule has 3 N–H and O–H groups in total. The molecule has 0 unspecified atom stereocenters. The minimum atomic E-state index is -4.28. The molecule has 1 heterocycles. The number of aromatic hydroxyl groups is 1. The van der Waals surface area contributed by atoms with Crippen LogP contribution in [0.15, 0.2) is 33.6 Å². The van der Waals surface area contributed by atoms with E-state index in [4.69, 9.17) is 16.3 Å². The number of nitrogens with zero attached hydrogens (tertiary/aromatic N) is 1. The van der Waals surface area contributed by atoms with Crippen molar-refractivity contribution in [2.45, 2.75) is 23.7 Å². The molecule has 0 spiro atoms. The van der Waals surface area contributed by atoms with Crippen molar-refractivity contribution >= 4 is 49.1 Å². The highest BCUT2D eigenvalue weighted by molar-refractivity contribution is 9.10. The van der Waals surface area contributed by atoms with Gasteiger partial charge in [0.05, 0.1) is 29.5 Å². The summed E-state index contributed by atoms with van der Waals surface area (Å²) in [7, 11) is -4.28. The molecule has 4 rings (SSSR count). The standard InChI is InChI=1S/C22H24BrClFN3O5S/c23-14-9-18(24)21(29)19(10-14)34(31,32)27-15-11-16(13-1-2-13)20(25)17(12-15)22(30)26-3-4-28-5-7-33-8-6-28/h9-13,27,29H,1-8H2,(H,26,30). The number of hydrogen-bond acceptors (Lipinski definition) is 6. The molecule has 184 valence electrons. The van der Waals surface area contributed by atoms with Crippen LogP contribution in [0, 0.1) is 5.82 Å². The Morgan fingerprint density at radius 3 is 2.62 bits per heavy atom. The third-order valence-corrected chi connectivity index (χ3v) is 7.86. The molecule has 1 aliphatic carbocycles. The van der Waals surface area contributed by atoms with Gasteiger partial charge in [-0.05, 0) is 48.6 Å². The summed E-state index contributed by atoms with van der Waals surface area (Å²) in [5.41, 5.74) is 0.0766. The van der Waals surface area contributed by atoms with Gasteiger partial charge in [0.2, 0.25) is 0 Å². The molecular formula is C22H24BrClFN3O5S. The Bertz CT molecular complexity index is 1200. The van der Waals surface area contributed by atoms with Gasteiger partial charge in [-0.3, -0.25) is 14.4 Å². The maximum Gasteiger partial charge on any atom is 0.265 e. The number of ether oxygens (including phenoxy) is 1. The molecule has 1 amide bonds. The van der Waals surface area contributed by atoms with Gasteiger partial charge >= 0.3 is 0 Å². The predicted octanol–water partition coefficient (Wildman–Crippen LogP) is 3.69. The Kier molecular flexibility index (Phi) is 7.68. The number of phenolic OH excluding ortho intramolecular Hbond substituents is 1. The number of anilines is 1. The van der Waals surface area contributed by atoms with E-state index in [1.165, 1.54) is 24.3 Å². The highest BCUT2D eigenvalue weighted by Gasteiger charge is 2.31. The molecule has 1 saturated heterocycles. The van der Waals surface area contributed by atoms with Gasteiger partial charge in [-0.25, -0.2) is 12.8 Å². The average Bonchev–Trinajstić information content (AvgIpc) is 3.63. The van der Waals surface area contributed by atoms with Crippen LogP contribution in [0.4, 0.5) is 10.1 Å². The SMILES string of the molecule is O=C(NCCN1CCOCC1)c1cc(NS(=O)(=O)c2cc(Br)cc(Cl)c2O)cc(C2CC2)c1F. The van der Waals surface area contributed by atoms with Gasteiger partial charge in [-0.15, -0.1) is 0 Å². The van der Waals surface area contributed by atoms with E-state index in [-0.39, 0.29) is 27.8 Å². The van der Waals surface area contributed by atoms with Crippen LogP contribution < -0.4 is 10.0 Å². The Balaban J connectivity index is 1.57. The van der Waals surface area contributed by atoms with Crippen molar-refractivity contribution in [3.8, 4) is 5.75 Å². The van der Waals surface area contributed by atoms with Crippen LogP contribution in [0.5, 0.6) is 5.75 Å². The third kappa shape index (κ3) is 5.83. The van der Waals surface area contributed by atoms with Crippen molar-refractivity contribution in [2.24, 2.45) is 0 Å². The number of amides is 1. The van der Waals surface area contributed by atoms with Crippen LogP contribution in [0.1, 0.15) is 34.7 Å². The zero-order chi connectivity index (χ0) is 24.5. The van der Waals surface area contributed by atoms with Crippen molar-refractivity contribution in [1.29, 1.82) is 0 Å². The van der Waals surface area contributed by atoms with Crippen LogP contribution in [0.25, 0.3) is 0 Å². The molecule has 0 atom stereocenters. The van der Waals surface area contributed by atoms with E-state index in [0.29, 0.717) is 30.8 Å². The average molecular weight is 577 g/mol. The lowest BCUT2D eigenvalue weighted by Crippen LogP contribution is -2.41. The van der Waals surface area contributed by atoms with E-state index >= 15 is 4.39 Å². The zero-order valence-corrected chi connectivity index (χ0v) is 21.3. The van der Waals surface area contributed by atoms with Gasteiger partial charge in [0, 0.05) is 30.7 Å². The number of hydrogen-bond donors (Lipinski definition) is 3. The van der Waals surface area contributed by atoms with Gasteiger partial charge in [-0.2, -0.15) is 0 Å². The van der Waals surface area contributed by atoms with Gasteiger partial charge in [0.1, 0.15) is 10.7 Å². The molecule has 0 bridgehead atoms. The van der Waals surface area contributed by atoms with Crippen LogP contribution in [0.3, 0.4) is 0 Å². The first kappa shape index (κ1) is 25.2. The number of carbonyl (C=O) groups excluding carboxylic acids is 1. The first-order chi connectivity index (χ1) is 16.2. The van der Waals surface area contributed by atoms with Crippen LogP contribution in [-0.2, 0) is 14.8 Å². The van der Waals surface area contributed by atoms with E-state index < -0.39 is 32.4 Å². The second-order valence-electron chi connectivity index (χ2n) is 8.25. The number of sulfonamides is 1. The second kappa shape index (κ2) is 10.4. The molecular weight excluding hydrogens is 553 g/mol. The Morgan fingerprint density at radius 1 is 1.24 bits per heavy atom. The largest absolute Gasteiger partial charge is 0.505 e. The lowest BCUT2D eigenvalue weighted by atomic mass is 10.0. The minimum Gasteiger partial charge on any atom is -0.505 e. The molecule has 0 radical (unpaired) electrons. The smallest absolute Gasteiger partial charge is 0.265 e. The molecule has 2 aliphatic rings. The molecule has 8 nitrogen and oxygen atoms in total. The normalized spacial score (nSPS) is 16.9. The van der Waals surface area contributed by atoms with Crippen molar-refractivity contribution in [2.75, 3.05) is 44.1 Å². The number of morpholine rings is 1. The molecule has 12 heteroatoms. The maximum atomic E-state index is 15.2. The number of nitrogens with one attached hydrogen (secondary N) is 2. The van der Waals surface area contributed by atoms with E-state index in [1.807, 2.05) is 0 Å². The summed E-state index contributed by atoms with van der Waals surface area (Å²) >= 11 is 9.07. The topological polar surface area (TPSA) is 108 Å². The highest BCUT2D eigenvalue weighted by Crippen LogP contribution is 2.43. The van der Waals surface area contributed by atoms with Crippen LogP contribution in [0.2, 0.25) is 5.02 Å². The van der Waals surface area contributed by atoms with Crippen molar-refractivity contribution in [3.63, 3.8) is 0 Å². The van der Waals surface area contributed by atoms with E-state index in [0.717, 1.165) is 25.9 Å². The quantitative estimate of drug-likeness (QED) is 0.443. The molecule has 2 aromatic rings. The summed E-state index contributed by atoms with van der Waals surface area (Å²) < 4.78 is 49.1. The van der Waals surface area contributed by atoms with Crippen LogP contribution >= 0.6 is 27.5 Å². The molecule has 1 aliphatic heterocycles. The number of phenols is 1. The highest BCUT2D eigenvalue weighted by atomic mass is 79.9. The lowest BCUT2D eigenvalue weighted by molar-refractivity contribution is 0.0383. The van der Waals surface area contributed by atoms with Crippen molar-refractivity contribution in [1.82, 2.24) is 10.2 Å². The summed E-state index contributed by atoms with van der Waals surface area (Å²) in [6.07, 6.45) is 1.51. The fourth-order valence-corrected chi connectivity index (χ4v) is 5.97. The minimum absolute atomic E-state index is 0.0251. The Labute approximate surface area is 210 Å². The summed E-state index contributed by atoms with van der Waals surface area (Å²) in [4.78, 5) is 14.5. The zero-order valence-electron chi connectivity index (χ0n) is 18.1. The lowest BCUT2D eigenvalue weighted by Gasteiger charge is -2.26. The monoisotopic (exact) mass is 575 g/mol. The summed E-state index contributed by atoms with van der Waals surface area (Å²) in [6, 6.07) is 5.12.